The molecule has 1 aliphatic heterocycles. The fourth-order valence-electron chi connectivity index (χ4n) is 4.76. The minimum atomic E-state index is -3.85. The summed E-state index contributed by atoms with van der Waals surface area (Å²) in [6, 6.07) is 10.1. The zero-order valence-corrected chi connectivity index (χ0v) is 22.2. The SMILES string of the molecule is CCOc1cc(P(=O)(c2cc(C)c(OC)c(C)c2)c2cc(C)c(OC)c(C)c2)cc2c1OC(F)(F)O2. The molecule has 1 aliphatic rings. The Morgan fingerprint density at radius 1 is 0.778 bits per heavy atom. The largest absolute Gasteiger partial charge is 0.586 e. The molecule has 0 saturated carbocycles. The van der Waals surface area contributed by atoms with Crippen molar-refractivity contribution in [1.29, 1.82) is 0 Å². The highest BCUT2D eigenvalue weighted by molar-refractivity contribution is 7.85. The lowest BCUT2D eigenvalue weighted by Gasteiger charge is -2.24. The number of fused-ring (bicyclic) bond motifs is 1. The molecule has 0 amide bonds. The molecule has 0 atom stereocenters. The van der Waals surface area contributed by atoms with E-state index in [1.807, 2.05) is 27.7 Å². The number of benzene rings is 3. The van der Waals surface area contributed by atoms with Crippen LogP contribution in [0.1, 0.15) is 29.2 Å². The van der Waals surface area contributed by atoms with Gasteiger partial charge in [-0.1, -0.05) is 0 Å². The fourth-order valence-corrected chi connectivity index (χ4v) is 7.76. The Kier molecular flexibility index (Phi) is 6.69. The van der Waals surface area contributed by atoms with Crippen LogP contribution in [-0.4, -0.2) is 27.1 Å². The first kappa shape index (κ1) is 25.8. The van der Waals surface area contributed by atoms with Crippen LogP contribution in [0.15, 0.2) is 36.4 Å². The summed E-state index contributed by atoms with van der Waals surface area (Å²) in [4.78, 5) is 0. The van der Waals surface area contributed by atoms with Crippen molar-refractivity contribution in [3.63, 3.8) is 0 Å². The van der Waals surface area contributed by atoms with Gasteiger partial charge < -0.3 is 28.2 Å². The van der Waals surface area contributed by atoms with Gasteiger partial charge in [0.2, 0.25) is 5.75 Å². The van der Waals surface area contributed by atoms with Crippen LogP contribution in [0.2, 0.25) is 0 Å². The van der Waals surface area contributed by atoms with E-state index in [0.717, 1.165) is 22.3 Å². The maximum Gasteiger partial charge on any atom is 0.586 e. The molecule has 0 radical (unpaired) electrons. The molecule has 3 aromatic carbocycles. The second-order valence-corrected chi connectivity index (χ2v) is 11.5. The summed E-state index contributed by atoms with van der Waals surface area (Å²) in [6.45, 7) is 9.40. The normalized spacial score (nSPS) is 14.0. The van der Waals surface area contributed by atoms with Gasteiger partial charge in [0, 0.05) is 15.9 Å². The molecule has 6 nitrogen and oxygen atoms in total. The summed E-state index contributed by atoms with van der Waals surface area (Å²) >= 11 is 0. The predicted octanol–water partition coefficient (Wildman–Crippen LogP) is 5.30. The van der Waals surface area contributed by atoms with Crippen molar-refractivity contribution in [2.24, 2.45) is 0 Å². The number of ether oxygens (including phenoxy) is 5. The molecule has 1 heterocycles. The molecular weight excluding hydrogens is 489 g/mol. The van der Waals surface area contributed by atoms with E-state index in [-0.39, 0.29) is 29.2 Å². The van der Waals surface area contributed by atoms with Crippen molar-refractivity contribution in [1.82, 2.24) is 0 Å². The third-order valence-electron chi connectivity index (χ3n) is 6.14. The first-order valence-electron chi connectivity index (χ1n) is 11.4. The van der Waals surface area contributed by atoms with Gasteiger partial charge in [-0.05, 0) is 93.3 Å². The zero-order valence-electron chi connectivity index (χ0n) is 21.3. The molecule has 0 bridgehead atoms. The van der Waals surface area contributed by atoms with Crippen LogP contribution < -0.4 is 39.6 Å². The summed E-state index contributed by atoms with van der Waals surface area (Å²) in [5, 5.41) is 1.32. The van der Waals surface area contributed by atoms with E-state index in [1.54, 1.807) is 45.4 Å². The Hall–Kier alpha value is -3.25. The smallest absolute Gasteiger partial charge is 0.496 e. The quantitative estimate of drug-likeness (QED) is 0.396. The molecule has 4 rings (SSSR count). The van der Waals surface area contributed by atoms with E-state index in [2.05, 4.69) is 0 Å². The zero-order chi connectivity index (χ0) is 26.4. The van der Waals surface area contributed by atoms with Crippen molar-refractivity contribution < 1.29 is 37.0 Å². The summed E-state index contributed by atoms with van der Waals surface area (Å²) < 4.78 is 69.4. The molecule has 9 heteroatoms. The minimum absolute atomic E-state index is 0.0336. The average molecular weight is 518 g/mol. The molecule has 0 N–H and O–H groups in total. The Morgan fingerprint density at radius 2 is 1.22 bits per heavy atom. The maximum atomic E-state index is 15.3. The lowest BCUT2D eigenvalue weighted by Crippen LogP contribution is -2.27. The summed E-state index contributed by atoms with van der Waals surface area (Å²) in [6.07, 6.45) is -3.85. The van der Waals surface area contributed by atoms with Crippen molar-refractivity contribution >= 4 is 23.1 Å². The molecule has 0 spiro atoms. The molecule has 0 saturated heterocycles. The number of aryl methyl sites for hydroxylation is 4. The van der Waals surface area contributed by atoms with Crippen LogP contribution in [0, 0.1) is 27.7 Å². The molecule has 192 valence electrons. The first-order chi connectivity index (χ1) is 16.9. The van der Waals surface area contributed by atoms with Gasteiger partial charge in [0.05, 0.1) is 20.8 Å². The van der Waals surface area contributed by atoms with Crippen LogP contribution in [0.4, 0.5) is 8.78 Å². The lowest BCUT2D eigenvalue weighted by molar-refractivity contribution is -0.287. The van der Waals surface area contributed by atoms with E-state index in [0.29, 0.717) is 22.1 Å². The van der Waals surface area contributed by atoms with Gasteiger partial charge in [0.15, 0.2) is 18.6 Å². The second kappa shape index (κ2) is 9.32. The van der Waals surface area contributed by atoms with Gasteiger partial charge in [0.1, 0.15) is 11.5 Å². The molecular formula is C27H29F2O6P. The van der Waals surface area contributed by atoms with Crippen LogP contribution in [0.3, 0.4) is 0 Å². The van der Waals surface area contributed by atoms with Crippen LogP contribution in [0.25, 0.3) is 0 Å². The number of methoxy groups -OCH3 is 2. The number of hydrogen-bond donors (Lipinski definition) is 0. The highest BCUT2D eigenvalue weighted by Gasteiger charge is 2.46. The highest BCUT2D eigenvalue weighted by Crippen LogP contribution is 2.52. The minimum Gasteiger partial charge on any atom is -0.496 e. The third kappa shape index (κ3) is 4.28. The Bertz CT molecular complexity index is 1280. The predicted molar refractivity (Wildman–Crippen MR) is 135 cm³/mol. The standard InChI is InChI=1S/C27H29F2O6P/c1-8-33-22-13-21(14-23-26(22)35-27(28,29)34-23)36(30,19-9-15(2)24(31-6)16(3)10-19)20-11-17(4)25(32-7)18(5)12-20/h9-14H,8H2,1-7H3. The maximum absolute atomic E-state index is 15.3. The topological polar surface area (TPSA) is 63.2 Å². The molecule has 3 aromatic rings. The second-order valence-electron chi connectivity index (χ2n) is 8.71. The lowest BCUT2D eigenvalue weighted by atomic mass is 10.1. The Labute approximate surface area is 209 Å². The van der Waals surface area contributed by atoms with E-state index in [4.69, 9.17) is 23.7 Å². The summed E-state index contributed by atoms with van der Waals surface area (Å²) in [7, 11) is -0.480. The van der Waals surface area contributed by atoms with Crippen LogP contribution in [-0.2, 0) is 4.57 Å². The Morgan fingerprint density at radius 3 is 1.64 bits per heavy atom. The van der Waals surface area contributed by atoms with Gasteiger partial charge in [0.25, 0.3) is 0 Å². The number of rotatable bonds is 7. The molecule has 0 aliphatic carbocycles. The molecule has 0 unspecified atom stereocenters. The van der Waals surface area contributed by atoms with Crippen LogP contribution in [0.5, 0.6) is 28.7 Å². The third-order valence-corrected chi connectivity index (χ3v) is 9.10. The highest BCUT2D eigenvalue weighted by atomic mass is 31.2. The number of alkyl halides is 2. The fraction of sp³-hybridized carbons (Fsp3) is 0.333. The van der Waals surface area contributed by atoms with Gasteiger partial charge in [-0.2, -0.15) is 0 Å². The van der Waals surface area contributed by atoms with Crippen molar-refractivity contribution in [2.45, 2.75) is 40.9 Å². The van der Waals surface area contributed by atoms with Crippen molar-refractivity contribution in [3.8, 4) is 28.7 Å². The first-order valence-corrected chi connectivity index (χ1v) is 13.1. The van der Waals surface area contributed by atoms with E-state index >= 15 is 4.57 Å². The van der Waals surface area contributed by atoms with E-state index in [9.17, 15) is 8.78 Å². The summed E-state index contributed by atoms with van der Waals surface area (Å²) in [5.74, 6) is 0.957. The van der Waals surface area contributed by atoms with E-state index in [1.165, 1.54) is 12.1 Å². The van der Waals surface area contributed by atoms with Gasteiger partial charge in [-0.15, -0.1) is 8.78 Å². The molecule has 0 aromatic heterocycles. The van der Waals surface area contributed by atoms with Crippen molar-refractivity contribution in [2.75, 3.05) is 20.8 Å². The number of halogens is 2. The van der Waals surface area contributed by atoms with Gasteiger partial charge in [-0.25, -0.2) is 0 Å². The monoisotopic (exact) mass is 518 g/mol. The summed E-state index contributed by atoms with van der Waals surface area (Å²) in [5.41, 5.74) is 3.19. The van der Waals surface area contributed by atoms with Crippen LogP contribution >= 0.6 is 7.14 Å². The Balaban J connectivity index is 2.06. The van der Waals surface area contributed by atoms with Crippen molar-refractivity contribution in [3.05, 3.63) is 58.7 Å². The van der Waals surface area contributed by atoms with Gasteiger partial charge >= 0.3 is 6.29 Å². The molecule has 36 heavy (non-hydrogen) atoms. The number of hydrogen-bond acceptors (Lipinski definition) is 6. The van der Waals surface area contributed by atoms with Gasteiger partial charge in [-0.3, -0.25) is 0 Å². The molecule has 0 fully saturated rings. The average Bonchev–Trinajstić information content (AvgIpc) is 3.12. The van der Waals surface area contributed by atoms with E-state index < -0.39 is 13.4 Å².